The summed E-state index contributed by atoms with van der Waals surface area (Å²) in [5.41, 5.74) is -0.351. The fraction of sp³-hybridized carbons (Fsp3) is 0.529. The van der Waals surface area contributed by atoms with E-state index in [-0.39, 0.29) is 30.5 Å². The standard InChI is InChI=1S/C17H22N4O4/c1-17(2)15(24)20-16(25)21(17)9-13(23)19-14(10-7-11(22)8-10)12-5-3-4-6-18-12/h3-6,10-11,14,22H,7-9H2,1-2H3,(H,19,23)(H,20,24,25)/t10?,11?,14-/m1/s1. The summed E-state index contributed by atoms with van der Waals surface area (Å²) in [4.78, 5) is 41.7. The van der Waals surface area contributed by atoms with E-state index in [4.69, 9.17) is 0 Å². The molecule has 1 aromatic rings. The third kappa shape index (κ3) is 3.34. The van der Waals surface area contributed by atoms with Crippen molar-refractivity contribution in [3.8, 4) is 0 Å². The van der Waals surface area contributed by atoms with Crippen LogP contribution in [0.3, 0.4) is 0 Å². The van der Waals surface area contributed by atoms with Crippen LogP contribution in [0.5, 0.6) is 0 Å². The summed E-state index contributed by atoms with van der Waals surface area (Å²) in [6.07, 6.45) is 2.49. The third-order valence-electron chi connectivity index (χ3n) is 4.94. The second kappa shape index (κ2) is 6.44. The van der Waals surface area contributed by atoms with Gasteiger partial charge in [-0.1, -0.05) is 6.07 Å². The van der Waals surface area contributed by atoms with Crippen molar-refractivity contribution in [3.63, 3.8) is 0 Å². The van der Waals surface area contributed by atoms with Gasteiger partial charge in [-0.2, -0.15) is 0 Å². The number of nitrogens with zero attached hydrogens (tertiary/aromatic N) is 2. The number of aliphatic hydroxyl groups excluding tert-OH is 1. The molecule has 1 aliphatic carbocycles. The maximum Gasteiger partial charge on any atom is 0.325 e. The van der Waals surface area contributed by atoms with Gasteiger partial charge in [0, 0.05) is 6.20 Å². The molecule has 1 saturated heterocycles. The van der Waals surface area contributed by atoms with Gasteiger partial charge in [-0.3, -0.25) is 19.9 Å². The molecule has 1 saturated carbocycles. The van der Waals surface area contributed by atoms with Crippen LogP contribution in [-0.2, 0) is 9.59 Å². The van der Waals surface area contributed by atoms with Crippen molar-refractivity contribution in [2.45, 2.75) is 44.4 Å². The zero-order chi connectivity index (χ0) is 18.2. The lowest BCUT2D eigenvalue weighted by Crippen LogP contribution is -2.50. The SMILES string of the molecule is CC1(C)C(=O)NC(=O)N1CC(=O)N[C@@H](c1ccccn1)C1CC(O)C1. The Labute approximate surface area is 145 Å². The number of aromatic nitrogens is 1. The number of rotatable bonds is 5. The van der Waals surface area contributed by atoms with Gasteiger partial charge >= 0.3 is 6.03 Å². The summed E-state index contributed by atoms with van der Waals surface area (Å²) in [5.74, 6) is -0.695. The fourth-order valence-electron chi connectivity index (χ4n) is 3.22. The average molecular weight is 346 g/mol. The van der Waals surface area contributed by atoms with Gasteiger partial charge in [0.25, 0.3) is 5.91 Å². The van der Waals surface area contributed by atoms with Gasteiger partial charge in [0.15, 0.2) is 0 Å². The predicted molar refractivity (Wildman–Crippen MR) is 88.2 cm³/mol. The van der Waals surface area contributed by atoms with Gasteiger partial charge in [0.2, 0.25) is 5.91 Å². The highest BCUT2D eigenvalue weighted by Crippen LogP contribution is 2.37. The summed E-state index contributed by atoms with van der Waals surface area (Å²) in [5, 5.41) is 14.7. The molecule has 0 spiro atoms. The maximum absolute atomic E-state index is 12.5. The molecule has 0 unspecified atom stereocenters. The van der Waals surface area contributed by atoms with Crippen LogP contribution < -0.4 is 10.6 Å². The summed E-state index contributed by atoms with van der Waals surface area (Å²) >= 11 is 0. The quantitative estimate of drug-likeness (QED) is 0.666. The van der Waals surface area contributed by atoms with Gasteiger partial charge in [-0.05, 0) is 44.7 Å². The van der Waals surface area contributed by atoms with Crippen LogP contribution in [0.1, 0.15) is 38.4 Å². The minimum Gasteiger partial charge on any atom is -0.393 e. The van der Waals surface area contributed by atoms with Crippen molar-refractivity contribution >= 4 is 17.8 Å². The third-order valence-corrected chi connectivity index (χ3v) is 4.94. The molecule has 0 bridgehead atoms. The number of hydrogen-bond donors (Lipinski definition) is 3. The van der Waals surface area contributed by atoms with E-state index in [1.807, 2.05) is 12.1 Å². The van der Waals surface area contributed by atoms with E-state index >= 15 is 0 Å². The molecule has 25 heavy (non-hydrogen) atoms. The molecular weight excluding hydrogens is 324 g/mol. The van der Waals surface area contributed by atoms with Crippen molar-refractivity contribution < 1.29 is 19.5 Å². The van der Waals surface area contributed by atoms with Crippen LogP contribution in [0.2, 0.25) is 0 Å². The van der Waals surface area contributed by atoms with Crippen molar-refractivity contribution in [1.82, 2.24) is 20.5 Å². The Balaban J connectivity index is 1.71. The summed E-state index contributed by atoms with van der Waals surface area (Å²) in [7, 11) is 0. The van der Waals surface area contributed by atoms with Gasteiger partial charge in [0.05, 0.1) is 17.8 Å². The van der Waals surface area contributed by atoms with Crippen LogP contribution in [0.15, 0.2) is 24.4 Å². The maximum atomic E-state index is 12.5. The Kier molecular flexibility index (Phi) is 4.47. The first-order valence-corrected chi connectivity index (χ1v) is 8.30. The Bertz CT molecular complexity index is 685. The van der Waals surface area contributed by atoms with E-state index in [1.54, 1.807) is 26.1 Å². The molecule has 3 rings (SSSR count). The van der Waals surface area contributed by atoms with Crippen molar-refractivity contribution in [2.75, 3.05) is 6.54 Å². The summed E-state index contributed by atoms with van der Waals surface area (Å²) < 4.78 is 0. The molecule has 8 nitrogen and oxygen atoms in total. The molecule has 134 valence electrons. The molecule has 1 aliphatic heterocycles. The zero-order valence-electron chi connectivity index (χ0n) is 14.2. The normalized spacial score (nSPS) is 26.0. The minimum absolute atomic E-state index is 0.0934. The number of carbonyl (C=O) groups excluding carboxylic acids is 3. The molecule has 3 N–H and O–H groups in total. The van der Waals surface area contributed by atoms with E-state index in [1.165, 1.54) is 4.90 Å². The lowest BCUT2D eigenvalue weighted by atomic mass is 9.76. The fourth-order valence-corrected chi connectivity index (χ4v) is 3.22. The first kappa shape index (κ1) is 17.3. The number of pyridine rings is 1. The molecule has 8 heteroatoms. The van der Waals surface area contributed by atoms with Crippen LogP contribution >= 0.6 is 0 Å². The number of imide groups is 1. The lowest BCUT2D eigenvalue weighted by Gasteiger charge is -2.38. The van der Waals surface area contributed by atoms with Crippen LogP contribution in [-0.4, -0.2) is 51.0 Å². The predicted octanol–water partition coefficient (Wildman–Crippen LogP) is 0.340. The van der Waals surface area contributed by atoms with E-state index in [0.717, 1.165) is 0 Å². The molecule has 2 heterocycles. The van der Waals surface area contributed by atoms with Crippen molar-refractivity contribution in [2.24, 2.45) is 5.92 Å². The first-order chi connectivity index (χ1) is 11.8. The van der Waals surface area contributed by atoms with Gasteiger partial charge < -0.3 is 15.3 Å². The van der Waals surface area contributed by atoms with Crippen molar-refractivity contribution in [1.29, 1.82) is 0 Å². The van der Waals surface area contributed by atoms with E-state index in [0.29, 0.717) is 18.5 Å². The van der Waals surface area contributed by atoms with E-state index in [9.17, 15) is 19.5 Å². The highest BCUT2D eigenvalue weighted by molar-refractivity contribution is 6.07. The Morgan fingerprint density at radius 3 is 2.68 bits per heavy atom. The summed E-state index contributed by atoms with van der Waals surface area (Å²) in [6.45, 7) is 2.97. The minimum atomic E-state index is -1.07. The lowest BCUT2D eigenvalue weighted by molar-refractivity contribution is -0.127. The van der Waals surface area contributed by atoms with Gasteiger partial charge in [0.1, 0.15) is 12.1 Å². The number of amides is 4. The van der Waals surface area contributed by atoms with Gasteiger partial charge in [-0.15, -0.1) is 0 Å². The number of aliphatic hydroxyl groups is 1. The second-order valence-electron chi connectivity index (χ2n) is 7.09. The monoisotopic (exact) mass is 346 g/mol. The summed E-state index contributed by atoms with van der Waals surface area (Å²) in [6, 6.07) is 4.55. The van der Waals surface area contributed by atoms with E-state index in [2.05, 4.69) is 15.6 Å². The largest absolute Gasteiger partial charge is 0.393 e. The molecule has 2 fully saturated rings. The average Bonchev–Trinajstić information content (AvgIpc) is 2.73. The second-order valence-corrected chi connectivity index (χ2v) is 7.09. The van der Waals surface area contributed by atoms with Crippen molar-refractivity contribution in [3.05, 3.63) is 30.1 Å². The van der Waals surface area contributed by atoms with Crippen LogP contribution in [0, 0.1) is 5.92 Å². The molecule has 2 aliphatic rings. The molecule has 0 aromatic carbocycles. The number of hydrogen-bond acceptors (Lipinski definition) is 5. The number of carbonyl (C=O) groups is 3. The van der Waals surface area contributed by atoms with E-state index < -0.39 is 17.5 Å². The van der Waals surface area contributed by atoms with Crippen LogP contribution in [0.25, 0.3) is 0 Å². The molecule has 1 atom stereocenters. The van der Waals surface area contributed by atoms with Crippen LogP contribution in [0.4, 0.5) is 4.79 Å². The first-order valence-electron chi connectivity index (χ1n) is 8.30. The smallest absolute Gasteiger partial charge is 0.325 e. The Morgan fingerprint density at radius 1 is 1.44 bits per heavy atom. The molecule has 0 radical (unpaired) electrons. The molecule has 1 aromatic heterocycles. The highest BCUT2D eigenvalue weighted by Gasteiger charge is 2.46. The number of nitrogens with one attached hydrogen (secondary N) is 2. The number of urea groups is 1. The zero-order valence-corrected chi connectivity index (χ0v) is 14.2. The van der Waals surface area contributed by atoms with Gasteiger partial charge in [-0.25, -0.2) is 4.79 Å². The highest BCUT2D eigenvalue weighted by atomic mass is 16.3. The topological polar surface area (TPSA) is 112 Å². The Hall–Kier alpha value is -2.48. The molecule has 4 amide bonds. The Morgan fingerprint density at radius 2 is 2.16 bits per heavy atom. The molecular formula is C17H22N4O4.